The number of aliphatic hydroxyl groups is 1. The molecule has 0 aliphatic heterocycles. The van der Waals surface area contributed by atoms with Crippen molar-refractivity contribution in [2.24, 2.45) is 0 Å². The number of halogens is 1. The van der Waals surface area contributed by atoms with Crippen molar-refractivity contribution < 1.29 is 14.3 Å². The maximum Gasteiger partial charge on any atom is 0.268 e. The van der Waals surface area contributed by atoms with Crippen LogP contribution in [0.1, 0.15) is 35.2 Å². The number of pyridine rings is 1. The summed E-state index contributed by atoms with van der Waals surface area (Å²) in [5.41, 5.74) is 0.618. The molecule has 1 amide bonds. The summed E-state index contributed by atoms with van der Waals surface area (Å²) in [5, 5.41) is 12.6. The summed E-state index contributed by atoms with van der Waals surface area (Å²) in [6, 6.07) is 6.83. The van der Waals surface area contributed by atoms with Crippen LogP contribution in [0.5, 0.6) is 0 Å². The molecule has 126 valence electrons. The van der Waals surface area contributed by atoms with E-state index in [-0.39, 0.29) is 11.6 Å². The van der Waals surface area contributed by atoms with Gasteiger partial charge in [0.25, 0.3) is 11.5 Å². The van der Waals surface area contributed by atoms with Crippen LogP contribution in [0.3, 0.4) is 0 Å². The number of carbonyl (C=O) groups is 1. The van der Waals surface area contributed by atoms with Gasteiger partial charge in [-0.1, -0.05) is 0 Å². The molecule has 5 nitrogen and oxygen atoms in total. The highest BCUT2D eigenvalue weighted by atomic mass is 19.1. The van der Waals surface area contributed by atoms with Crippen molar-refractivity contribution in [1.82, 2.24) is 9.88 Å². The monoisotopic (exact) mass is 330 g/mol. The van der Waals surface area contributed by atoms with E-state index in [2.05, 4.69) is 5.32 Å². The predicted molar refractivity (Wildman–Crippen MR) is 87.8 cm³/mol. The molecule has 0 bridgehead atoms. The van der Waals surface area contributed by atoms with E-state index in [1.54, 1.807) is 19.2 Å². The summed E-state index contributed by atoms with van der Waals surface area (Å²) in [6.07, 6.45) is 3.19. The minimum absolute atomic E-state index is 0.0425. The molecule has 6 heteroatoms. The lowest BCUT2D eigenvalue weighted by molar-refractivity contribution is 0.0871. The number of benzene rings is 1. The molecule has 2 atom stereocenters. The summed E-state index contributed by atoms with van der Waals surface area (Å²) < 4.78 is 14.4. The van der Waals surface area contributed by atoms with Crippen molar-refractivity contribution >= 4 is 5.91 Å². The number of hydrogen-bond acceptors (Lipinski definition) is 3. The van der Waals surface area contributed by atoms with Gasteiger partial charge in [-0.3, -0.25) is 14.2 Å². The van der Waals surface area contributed by atoms with E-state index in [4.69, 9.17) is 0 Å². The van der Waals surface area contributed by atoms with Crippen LogP contribution in [0.4, 0.5) is 4.39 Å². The summed E-state index contributed by atoms with van der Waals surface area (Å²) in [6.45, 7) is 1.69. The zero-order chi connectivity index (χ0) is 17.3. The largest absolute Gasteiger partial charge is 0.391 e. The summed E-state index contributed by atoms with van der Waals surface area (Å²) in [5.74, 6) is -0.882. The number of hydrogen-bond donors (Lipinski definition) is 2. The Labute approximate surface area is 138 Å². The second-order valence-electron chi connectivity index (χ2n) is 6.10. The van der Waals surface area contributed by atoms with Gasteiger partial charge in [0.05, 0.1) is 12.1 Å². The van der Waals surface area contributed by atoms with Gasteiger partial charge in [-0.15, -0.1) is 0 Å². The normalized spacial score (nSPS) is 20.1. The first-order chi connectivity index (χ1) is 11.5. The second-order valence-corrected chi connectivity index (χ2v) is 6.10. The number of carbonyl (C=O) groups excluding carboxylic acids is 1. The Hall–Kier alpha value is -2.47. The maximum absolute atomic E-state index is 13.1. The molecule has 1 aliphatic rings. The lowest BCUT2D eigenvalue weighted by atomic mass is 10.1. The van der Waals surface area contributed by atoms with Crippen LogP contribution in [-0.4, -0.2) is 27.7 Å². The first kappa shape index (κ1) is 16.4. The van der Waals surface area contributed by atoms with Gasteiger partial charge in [-0.25, -0.2) is 4.39 Å². The summed E-state index contributed by atoms with van der Waals surface area (Å²) in [4.78, 5) is 25.2. The molecule has 0 spiro atoms. The average molecular weight is 330 g/mol. The predicted octanol–water partition coefficient (Wildman–Crippen LogP) is 1.93. The van der Waals surface area contributed by atoms with Crippen molar-refractivity contribution in [2.75, 3.05) is 0 Å². The van der Waals surface area contributed by atoms with E-state index < -0.39 is 23.4 Å². The van der Waals surface area contributed by atoms with Gasteiger partial charge < -0.3 is 10.4 Å². The van der Waals surface area contributed by atoms with Crippen molar-refractivity contribution in [3.63, 3.8) is 0 Å². The summed E-state index contributed by atoms with van der Waals surface area (Å²) in [7, 11) is 0. The SMILES string of the molecule is Cc1ccn(-c2ccc(F)cc2)c(=O)c1C(=O)N[C@H]1CCC[C@@H]1O. The number of nitrogens with zero attached hydrogens (tertiary/aromatic N) is 1. The number of aromatic nitrogens is 1. The van der Waals surface area contributed by atoms with Crippen LogP contribution in [0, 0.1) is 12.7 Å². The van der Waals surface area contributed by atoms with Crippen LogP contribution in [0.25, 0.3) is 5.69 Å². The molecule has 2 N–H and O–H groups in total. The molecule has 0 saturated heterocycles. The molecule has 3 rings (SSSR count). The Bertz CT molecular complexity index is 814. The molecule has 1 saturated carbocycles. The van der Waals surface area contributed by atoms with E-state index in [1.165, 1.54) is 28.8 Å². The fraction of sp³-hybridized carbons (Fsp3) is 0.333. The molecule has 0 unspecified atom stereocenters. The molecule has 2 aromatic rings. The molecule has 1 fully saturated rings. The molecule has 1 heterocycles. The van der Waals surface area contributed by atoms with Gasteiger partial charge in [0.1, 0.15) is 11.4 Å². The van der Waals surface area contributed by atoms with Crippen molar-refractivity contribution in [3.8, 4) is 5.69 Å². The Balaban J connectivity index is 1.95. The van der Waals surface area contributed by atoms with Crippen molar-refractivity contribution in [1.29, 1.82) is 0 Å². The van der Waals surface area contributed by atoms with Gasteiger partial charge >= 0.3 is 0 Å². The molecule has 1 aliphatic carbocycles. The minimum Gasteiger partial charge on any atom is -0.391 e. The van der Waals surface area contributed by atoms with Gasteiger partial charge in [-0.2, -0.15) is 0 Å². The topological polar surface area (TPSA) is 71.3 Å². The fourth-order valence-corrected chi connectivity index (χ4v) is 3.06. The van der Waals surface area contributed by atoms with E-state index in [0.29, 0.717) is 24.1 Å². The molecular weight excluding hydrogens is 311 g/mol. The smallest absolute Gasteiger partial charge is 0.268 e. The third-order valence-electron chi connectivity index (χ3n) is 4.43. The van der Waals surface area contributed by atoms with E-state index in [0.717, 1.165) is 6.42 Å². The maximum atomic E-state index is 13.1. The molecule has 1 aromatic heterocycles. The van der Waals surface area contributed by atoms with E-state index in [1.807, 2.05) is 0 Å². The van der Waals surface area contributed by atoms with Crippen LogP contribution in [0.2, 0.25) is 0 Å². The lowest BCUT2D eigenvalue weighted by Gasteiger charge is -2.17. The minimum atomic E-state index is -0.572. The Kier molecular flexibility index (Phi) is 4.49. The molecule has 1 aromatic carbocycles. The second kappa shape index (κ2) is 6.57. The van der Waals surface area contributed by atoms with Crippen LogP contribution in [-0.2, 0) is 0 Å². The Morgan fingerprint density at radius 1 is 1.25 bits per heavy atom. The van der Waals surface area contributed by atoms with Gasteiger partial charge in [0.2, 0.25) is 0 Å². The van der Waals surface area contributed by atoms with E-state index in [9.17, 15) is 19.1 Å². The average Bonchev–Trinajstić information content (AvgIpc) is 2.94. The highest BCUT2D eigenvalue weighted by Gasteiger charge is 2.28. The number of amides is 1. The highest BCUT2D eigenvalue weighted by molar-refractivity contribution is 5.95. The standard InChI is InChI=1S/C18H19FN2O3/c1-11-9-10-21(13-7-5-12(19)6-8-13)18(24)16(11)17(23)20-14-3-2-4-15(14)22/h5-10,14-15,22H,2-4H2,1H3,(H,20,23)/t14-,15-/m0/s1. The van der Waals surface area contributed by atoms with E-state index >= 15 is 0 Å². The first-order valence-electron chi connectivity index (χ1n) is 7.94. The van der Waals surface area contributed by atoms with Crippen molar-refractivity contribution in [2.45, 2.75) is 38.3 Å². The number of rotatable bonds is 3. The fourth-order valence-electron chi connectivity index (χ4n) is 3.06. The molecular formula is C18H19FN2O3. The lowest BCUT2D eigenvalue weighted by Crippen LogP contribution is -2.42. The zero-order valence-electron chi connectivity index (χ0n) is 13.3. The quantitative estimate of drug-likeness (QED) is 0.903. The van der Waals surface area contributed by atoms with Crippen LogP contribution >= 0.6 is 0 Å². The Morgan fingerprint density at radius 2 is 1.96 bits per heavy atom. The zero-order valence-corrected chi connectivity index (χ0v) is 13.3. The first-order valence-corrected chi connectivity index (χ1v) is 7.94. The van der Waals surface area contributed by atoms with Crippen LogP contribution < -0.4 is 10.9 Å². The van der Waals surface area contributed by atoms with Gasteiger partial charge in [-0.05, 0) is 62.1 Å². The highest BCUT2D eigenvalue weighted by Crippen LogP contribution is 2.19. The number of nitrogens with one attached hydrogen (secondary N) is 1. The molecule has 0 radical (unpaired) electrons. The summed E-state index contributed by atoms with van der Waals surface area (Å²) >= 11 is 0. The van der Waals surface area contributed by atoms with Gasteiger partial charge in [0.15, 0.2) is 0 Å². The third-order valence-corrected chi connectivity index (χ3v) is 4.43. The number of aryl methyl sites for hydroxylation is 1. The molecule has 24 heavy (non-hydrogen) atoms. The third kappa shape index (κ3) is 3.10. The van der Waals surface area contributed by atoms with Gasteiger partial charge in [0, 0.05) is 11.9 Å². The van der Waals surface area contributed by atoms with Crippen molar-refractivity contribution in [3.05, 3.63) is 63.8 Å². The number of aliphatic hydroxyl groups excluding tert-OH is 1. The Morgan fingerprint density at radius 3 is 2.58 bits per heavy atom. The van der Waals surface area contributed by atoms with Crippen LogP contribution in [0.15, 0.2) is 41.3 Å².